The molecule has 3 N–H and O–H groups in total. The Balaban J connectivity index is 1.56. The lowest BCUT2D eigenvalue weighted by Crippen LogP contribution is -2.45. The first-order chi connectivity index (χ1) is 16.3. The van der Waals surface area contributed by atoms with Gasteiger partial charge in [0.2, 0.25) is 0 Å². The van der Waals surface area contributed by atoms with Gasteiger partial charge in [0.05, 0.1) is 22.3 Å². The molecule has 1 saturated heterocycles. The maximum Gasteiger partial charge on any atom is 0.261 e. The molecule has 2 heterocycles. The highest BCUT2D eigenvalue weighted by atomic mass is 32.2. The van der Waals surface area contributed by atoms with Crippen LogP contribution in [0.25, 0.3) is 0 Å². The molecule has 1 aliphatic carbocycles. The van der Waals surface area contributed by atoms with E-state index in [-0.39, 0.29) is 22.5 Å². The van der Waals surface area contributed by atoms with E-state index in [0.29, 0.717) is 17.3 Å². The first-order valence-electron chi connectivity index (χ1n) is 12.2. The van der Waals surface area contributed by atoms with Gasteiger partial charge in [-0.05, 0) is 56.4 Å². The van der Waals surface area contributed by atoms with Crippen LogP contribution in [0.4, 0.5) is 11.5 Å². The maximum absolute atomic E-state index is 13.1. The number of sulfonamides is 1. The molecule has 0 unspecified atom stereocenters. The standard InChI is InChI=1S/C25H35N5O3S/c1-18(2)28-25(31)23-16-21(17-27-24(23)30-14-12-26-13-15-30)29-34(32,33)22-10-8-20(9-11-22)19-6-4-3-5-7-19/h8-11,16-19,26,29H,3-7,12-15H2,1-2H3,(H,28,31). The Bertz CT molecular complexity index is 1090. The van der Waals surface area contributed by atoms with E-state index < -0.39 is 10.0 Å². The summed E-state index contributed by atoms with van der Waals surface area (Å²) < 4.78 is 28.8. The fourth-order valence-corrected chi connectivity index (χ4v) is 5.75. The number of nitrogens with one attached hydrogen (secondary N) is 3. The summed E-state index contributed by atoms with van der Waals surface area (Å²) in [6, 6.07) is 8.72. The highest BCUT2D eigenvalue weighted by Crippen LogP contribution is 2.33. The minimum atomic E-state index is -3.81. The molecule has 1 amide bonds. The molecule has 184 valence electrons. The lowest BCUT2D eigenvalue weighted by molar-refractivity contribution is 0.0943. The summed E-state index contributed by atoms with van der Waals surface area (Å²) in [6.45, 7) is 6.84. The average molecular weight is 486 g/mol. The number of carbonyl (C=O) groups is 1. The van der Waals surface area contributed by atoms with Crippen molar-refractivity contribution in [1.29, 1.82) is 0 Å². The number of benzene rings is 1. The molecule has 9 heteroatoms. The average Bonchev–Trinajstić information content (AvgIpc) is 2.84. The fraction of sp³-hybridized carbons (Fsp3) is 0.520. The number of rotatable bonds is 7. The third kappa shape index (κ3) is 5.88. The minimum absolute atomic E-state index is 0.0496. The zero-order valence-corrected chi connectivity index (χ0v) is 20.8. The number of hydrogen-bond donors (Lipinski definition) is 3. The smallest absolute Gasteiger partial charge is 0.261 e. The van der Waals surface area contributed by atoms with Crippen LogP contribution in [0, 0.1) is 0 Å². The van der Waals surface area contributed by atoms with Crippen molar-refractivity contribution < 1.29 is 13.2 Å². The van der Waals surface area contributed by atoms with E-state index in [2.05, 4.69) is 20.3 Å². The van der Waals surface area contributed by atoms with E-state index >= 15 is 0 Å². The lowest BCUT2D eigenvalue weighted by Gasteiger charge is -2.30. The Morgan fingerprint density at radius 1 is 1.09 bits per heavy atom. The predicted octanol–water partition coefficient (Wildman–Crippen LogP) is 3.48. The minimum Gasteiger partial charge on any atom is -0.353 e. The Morgan fingerprint density at radius 3 is 2.41 bits per heavy atom. The van der Waals surface area contributed by atoms with Gasteiger partial charge in [0.1, 0.15) is 5.82 Å². The van der Waals surface area contributed by atoms with Crippen molar-refractivity contribution in [1.82, 2.24) is 15.6 Å². The summed E-state index contributed by atoms with van der Waals surface area (Å²) in [6.07, 6.45) is 7.56. The van der Waals surface area contributed by atoms with Crippen molar-refractivity contribution in [2.45, 2.75) is 62.8 Å². The van der Waals surface area contributed by atoms with Gasteiger partial charge in [0.25, 0.3) is 15.9 Å². The number of nitrogens with zero attached hydrogens (tertiary/aromatic N) is 2. The highest BCUT2D eigenvalue weighted by Gasteiger charge is 2.23. The highest BCUT2D eigenvalue weighted by molar-refractivity contribution is 7.92. The van der Waals surface area contributed by atoms with E-state index in [9.17, 15) is 13.2 Å². The van der Waals surface area contributed by atoms with E-state index in [1.807, 2.05) is 30.9 Å². The van der Waals surface area contributed by atoms with Gasteiger partial charge in [-0.25, -0.2) is 13.4 Å². The van der Waals surface area contributed by atoms with Crippen LogP contribution in [0.5, 0.6) is 0 Å². The van der Waals surface area contributed by atoms with Gasteiger partial charge >= 0.3 is 0 Å². The number of hydrogen-bond acceptors (Lipinski definition) is 6. The molecule has 1 aromatic heterocycles. The van der Waals surface area contributed by atoms with E-state index in [1.165, 1.54) is 31.0 Å². The monoisotopic (exact) mass is 485 g/mol. The zero-order chi connectivity index (χ0) is 24.1. The van der Waals surface area contributed by atoms with Crippen LogP contribution in [-0.2, 0) is 10.0 Å². The summed E-state index contributed by atoms with van der Waals surface area (Å²) in [5, 5.41) is 6.19. The molecule has 34 heavy (non-hydrogen) atoms. The van der Waals surface area contributed by atoms with Gasteiger partial charge in [-0.3, -0.25) is 9.52 Å². The summed E-state index contributed by atoms with van der Waals surface area (Å²) in [4.78, 5) is 19.7. The molecule has 1 aliphatic heterocycles. The van der Waals surface area contributed by atoms with E-state index in [0.717, 1.165) is 39.0 Å². The largest absolute Gasteiger partial charge is 0.353 e. The number of piperazine rings is 1. The molecule has 1 aromatic carbocycles. The zero-order valence-electron chi connectivity index (χ0n) is 20.0. The molecule has 8 nitrogen and oxygen atoms in total. The van der Waals surface area contributed by atoms with Crippen molar-refractivity contribution in [2.24, 2.45) is 0 Å². The van der Waals surface area contributed by atoms with Gasteiger partial charge in [-0.2, -0.15) is 0 Å². The summed E-state index contributed by atoms with van der Waals surface area (Å²) >= 11 is 0. The molecule has 1 saturated carbocycles. The summed E-state index contributed by atoms with van der Waals surface area (Å²) in [5.41, 5.74) is 1.83. The van der Waals surface area contributed by atoms with Crippen LogP contribution in [0.1, 0.15) is 67.8 Å². The van der Waals surface area contributed by atoms with Gasteiger partial charge in [-0.1, -0.05) is 31.4 Å². The van der Waals surface area contributed by atoms with Gasteiger partial charge in [0, 0.05) is 32.2 Å². The van der Waals surface area contributed by atoms with Crippen molar-refractivity contribution in [3.8, 4) is 0 Å². The van der Waals surface area contributed by atoms with Gasteiger partial charge in [-0.15, -0.1) is 0 Å². The third-order valence-corrected chi connectivity index (χ3v) is 7.86. The van der Waals surface area contributed by atoms with Gasteiger partial charge < -0.3 is 15.5 Å². The molecular formula is C25H35N5O3S. The van der Waals surface area contributed by atoms with Crippen LogP contribution in [-0.4, -0.2) is 51.5 Å². The number of aromatic nitrogens is 1. The fourth-order valence-electron chi connectivity index (χ4n) is 4.72. The molecule has 0 spiro atoms. The second kappa shape index (κ2) is 10.7. The second-order valence-electron chi connectivity index (χ2n) is 9.47. The molecule has 2 aliphatic rings. The van der Waals surface area contributed by atoms with Crippen molar-refractivity contribution in [2.75, 3.05) is 35.8 Å². The normalized spacial score (nSPS) is 17.6. The lowest BCUT2D eigenvalue weighted by atomic mass is 9.84. The molecule has 0 radical (unpaired) electrons. The first kappa shape index (κ1) is 24.5. The van der Waals surface area contributed by atoms with Crippen LogP contribution in [0.15, 0.2) is 41.4 Å². The van der Waals surface area contributed by atoms with E-state index in [1.54, 1.807) is 18.2 Å². The number of amides is 1. The van der Waals surface area contributed by atoms with Crippen molar-refractivity contribution >= 4 is 27.4 Å². The van der Waals surface area contributed by atoms with Crippen LogP contribution < -0.4 is 20.3 Å². The molecule has 0 atom stereocenters. The summed E-state index contributed by atoms with van der Waals surface area (Å²) in [7, 11) is -3.81. The van der Waals surface area contributed by atoms with E-state index in [4.69, 9.17) is 0 Å². The summed E-state index contributed by atoms with van der Waals surface area (Å²) in [5.74, 6) is 0.815. The third-order valence-electron chi connectivity index (χ3n) is 6.47. The Kier molecular flexibility index (Phi) is 7.73. The Morgan fingerprint density at radius 2 is 1.76 bits per heavy atom. The van der Waals surface area contributed by atoms with Gasteiger partial charge in [0.15, 0.2) is 0 Å². The molecule has 0 bridgehead atoms. The maximum atomic E-state index is 13.1. The number of carbonyl (C=O) groups excluding carboxylic acids is 1. The molecule has 2 fully saturated rings. The van der Waals surface area contributed by atoms with Crippen LogP contribution in [0.3, 0.4) is 0 Å². The predicted molar refractivity (Wildman–Crippen MR) is 135 cm³/mol. The molecule has 4 rings (SSSR count). The molecule has 2 aromatic rings. The topological polar surface area (TPSA) is 103 Å². The Labute approximate surface area is 202 Å². The molecular weight excluding hydrogens is 450 g/mol. The Hall–Kier alpha value is -2.65. The van der Waals surface area contributed by atoms with Crippen molar-refractivity contribution in [3.05, 3.63) is 47.7 Å². The quantitative estimate of drug-likeness (QED) is 0.555. The number of pyridine rings is 1. The van der Waals surface area contributed by atoms with Crippen LogP contribution >= 0.6 is 0 Å². The first-order valence-corrected chi connectivity index (χ1v) is 13.7. The van der Waals surface area contributed by atoms with Crippen molar-refractivity contribution in [3.63, 3.8) is 0 Å². The number of anilines is 2. The second-order valence-corrected chi connectivity index (χ2v) is 11.2. The van der Waals surface area contributed by atoms with Crippen LogP contribution in [0.2, 0.25) is 0 Å². The SMILES string of the molecule is CC(C)NC(=O)c1cc(NS(=O)(=O)c2ccc(C3CCCCC3)cc2)cnc1N1CCNCC1.